The molecule has 0 aliphatic heterocycles. The van der Waals surface area contributed by atoms with E-state index in [-0.39, 0.29) is 29.3 Å². The number of nitrogens with one attached hydrogen (secondary N) is 2. The maximum Gasteiger partial charge on any atom is 0.328 e. The second kappa shape index (κ2) is 7.23. The largest absolute Gasteiger partial charge is 0.414 e. The number of aromatic amines is 1. The second-order valence-corrected chi connectivity index (χ2v) is 6.20. The summed E-state index contributed by atoms with van der Waals surface area (Å²) in [6.07, 6.45) is 2.93. The van der Waals surface area contributed by atoms with E-state index in [1.807, 2.05) is 0 Å². The van der Waals surface area contributed by atoms with Crippen molar-refractivity contribution in [3.8, 4) is 0 Å². The molecule has 0 aliphatic rings. The third-order valence-corrected chi connectivity index (χ3v) is 4.16. The van der Waals surface area contributed by atoms with Crippen LogP contribution in [0.3, 0.4) is 0 Å². The van der Waals surface area contributed by atoms with Gasteiger partial charge in [-0.3, -0.25) is 19.1 Å². The highest BCUT2D eigenvalue weighted by atomic mass is 32.2. The number of H-pyrrole nitrogens is 1. The molecule has 124 valence electrons. The van der Waals surface area contributed by atoms with Crippen molar-refractivity contribution >= 4 is 34.1 Å². The molecule has 12 heteroatoms. The van der Waals surface area contributed by atoms with Gasteiger partial charge in [0.15, 0.2) is 5.13 Å². The van der Waals surface area contributed by atoms with Crippen LogP contribution in [-0.4, -0.2) is 36.4 Å². The molecule has 3 heterocycles. The maximum absolute atomic E-state index is 11.7. The smallest absolute Gasteiger partial charge is 0.328 e. The number of anilines is 1. The van der Waals surface area contributed by atoms with Crippen LogP contribution in [0.5, 0.6) is 0 Å². The second-order valence-electron chi connectivity index (χ2n) is 4.37. The van der Waals surface area contributed by atoms with Crippen LogP contribution in [0.15, 0.2) is 43.1 Å². The number of aromatic nitrogens is 5. The number of rotatable bonds is 6. The average molecular weight is 366 g/mol. The predicted octanol–water partition coefficient (Wildman–Crippen LogP) is 0.155. The van der Waals surface area contributed by atoms with Crippen molar-refractivity contribution in [2.75, 3.05) is 11.1 Å². The molecule has 0 atom stereocenters. The van der Waals surface area contributed by atoms with E-state index in [2.05, 4.69) is 25.5 Å². The summed E-state index contributed by atoms with van der Waals surface area (Å²) < 4.78 is 6.58. The predicted molar refractivity (Wildman–Crippen MR) is 86.2 cm³/mol. The molecule has 0 radical (unpaired) electrons. The number of hydrogen-bond donors (Lipinski definition) is 2. The third kappa shape index (κ3) is 4.17. The van der Waals surface area contributed by atoms with Crippen molar-refractivity contribution in [3.63, 3.8) is 0 Å². The van der Waals surface area contributed by atoms with Gasteiger partial charge in [-0.05, 0) is 0 Å². The first-order chi connectivity index (χ1) is 11.6. The van der Waals surface area contributed by atoms with Gasteiger partial charge in [-0.25, -0.2) is 9.78 Å². The van der Waals surface area contributed by atoms with Crippen LogP contribution in [0.25, 0.3) is 0 Å². The van der Waals surface area contributed by atoms with Crippen LogP contribution >= 0.6 is 23.1 Å². The molecular weight excluding hydrogens is 356 g/mol. The fraction of sp³-hybridized carbons (Fsp3) is 0.167. The molecule has 0 aromatic carbocycles. The van der Waals surface area contributed by atoms with Crippen molar-refractivity contribution in [3.05, 3.63) is 50.6 Å². The van der Waals surface area contributed by atoms with Gasteiger partial charge in [-0.1, -0.05) is 11.8 Å². The highest BCUT2D eigenvalue weighted by molar-refractivity contribution is 7.99. The molecule has 2 N–H and O–H groups in total. The van der Waals surface area contributed by atoms with Crippen LogP contribution in [0.2, 0.25) is 0 Å². The Bertz CT molecular complexity index is 945. The Balaban J connectivity index is 1.56. The molecule has 10 nitrogen and oxygen atoms in total. The molecule has 3 aromatic heterocycles. The van der Waals surface area contributed by atoms with E-state index in [0.717, 1.165) is 11.8 Å². The molecule has 3 rings (SSSR count). The highest BCUT2D eigenvalue weighted by Crippen LogP contribution is 2.17. The average Bonchev–Trinajstić information content (AvgIpc) is 3.20. The Morgan fingerprint density at radius 1 is 1.42 bits per heavy atom. The number of carbonyl (C=O) groups is 1. The summed E-state index contributed by atoms with van der Waals surface area (Å²) >= 11 is 2.39. The summed E-state index contributed by atoms with van der Waals surface area (Å²) in [4.78, 5) is 40.4. The summed E-state index contributed by atoms with van der Waals surface area (Å²) in [7, 11) is 0. The number of hydrogen-bond acceptors (Lipinski definition) is 9. The van der Waals surface area contributed by atoms with Gasteiger partial charge in [0.2, 0.25) is 11.8 Å². The SMILES string of the molecule is O=C(CSc1nnc(Cn2ccc(=O)[nH]c2=O)o1)Nc1nccs1. The fourth-order valence-corrected chi connectivity index (χ4v) is 2.77. The van der Waals surface area contributed by atoms with Crippen molar-refractivity contribution in [1.29, 1.82) is 0 Å². The first-order valence-corrected chi connectivity index (χ1v) is 8.41. The molecule has 0 unspecified atom stereocenters. The van der Waals surface area contributed by atoms with Crippen molar-refractivity contribution in [2.24, 2.45) is 0 Å². The third-order valence-electron chi connectivity index (χ3n) is 2.66. The zero-order chi connectivity index (χ0) is 16.9. The van der Waals surface area contributed by atoms with Gasteiger partial charge >= 0.3 is 5.69 Å². The number of carbonyl (C=O) groups excluding carboxylic acids is 1. The maximum atomic E-state index is 11.7. The fourth-order valence-electron chi connectivity index (χ4n) is 1.64. The molecule has 24 heavy (non-hydrogen) atoms. The molecule has 0 saturated heterocycles. The lowest BCUT2D eigenvalue weighted by Crippen LogP contribution is -2.28. The highest BCUT2D eigenvalue weighted by Gasteiger charge is 2.11. The molecule has 0 fully saturated rings. The molecular formula is C12H10N6O4S2. The first-order valence-electron chi connectivity index (χ1n) is 6.54. The van der Waals surface area contributed by atoms with E-state index in [4.69, 9.17) is 4.42 Å². The Hall–Kier alpha value is -2.73. The minimum Gasteiger partial charge on any atom is -0.414 e. The Labute approximate surface area is 142 Å². The van der Waals surface area contributed by atoms with E-state index in [1.165, 1.54) is 28.2 Å². The monoisotopic (exact) mass is 366 g/mol. The number of thiazole rings is 1. The van der Waals surface area contributed by atoms with Gasteiger partial charge in [0.1, 0.15) is 6.54 Å². The lowest BCUT2D eigenvalue weighted by molar-refractivity contribution is -0.113. The van der Waals surface area contributed by atoms with E-state index in [0.29, 0.717) is 5.13 Å². The Kier molecular flexibility index (Phi) is 4.86. The standard InChI is InChI=1S/C12H10N6O4S2/c19-7-1-3-18(11(21)15-7)5-9-16-17-12(22-9)24-6-8(20)14-10-13-2-4-23-10/h1-4H,5-6H2,(H,13,14,20)(H,15,19,21). The minimum atomic E-state index is -0.572. The van der Waals surface area contributed by atoms with Gasteiger partial charge in [-0.15, -0.1) is 21.5 Å². The van der Waals surface area contributed by atoms with Crippen LogP contribution in [0.1, 0.15) is 5.89 Å². The molecule has 0 spiro atoms. The van der Waals surface area contributed by atoms with Crippen LogP contribution in [0.4, 0.5) is 5.13 Å². The van der Waals surface area contributed by atoms with Crippen molar-refractivity contribution in [1.82, 2.24) is 24.7 Å². The zero-order valence-corrected chi connectivity index (χ0v) is 13.6. The van der Waals surface area contributed by atoms with Crippen LogP contribution in [0, 0.1) is 0 Å². The van der Waals surface area contributed by atoms with Gasteiger partial charge in [-0.2, -0.15) is 0 Å². The Morgan fingerprint density at radius 3 is 3.04 bits per heavy atom. The minimum absolute atomic E-state index is 0.0223. The molecule has 3 aromatic rings. The van der Waals surface area contributed by atoms with Gasteiger partial charge in [0, 0.05) is 23.8 Å². The summed E-state index contributed by atoms with van der Waals surface area (Å²) in [6.45, 7) is 0.0223. The van der Waals surface area contributed by atoms with E-state index in [1.54, 1.807) is 11.6 Å². The summed E-state index contributed by atoms with van der Waals surface area (Å²) in [5.41, 5.74) is -1.05. The number of nitrogens with zero attached hydrogens (tertiary/aromatic N) is 4. The van der Waals surface area contributed by atoms with E-state index >= 15 is 0 Å². The lowest BCUT2D eigenvalue weighted by Gasteiger charge is -1.99. The first kappa shape index (κ1) is 16.1. The number of amides is 1. The zero-order valence-electron chi connectivity index (χ0n) is 12.0. The molecule has 0 bridgehead atoms. The van der Waals surface area contributed by atoms with Gasteiger partial charge in [0.05, 0.1) is 5.75 Å². The van der Waals surface area contributed by atoms with Gasteiger partial charge < -0.3 is 9.73 Å². The van der Waals surface area contributed by atoms with Crippen LogP contribution < -0.4 is 16.6 Å². The Morgan fingerprint density at radius 2 is 2.29 bits per heavy atom. The summed E-state index contributed by atoms with van der Waals surface area (Å²) in [5.74, 6) is 0.0262. The normalized spacial score (nSPS) is 10.7. The van der Waals surface area contributed by atoms with E-state index in [9.17, 15) is 14.4 Å². The van der Waals surface area contributed by atoms with E-state index < -0.39 is 11.2 Å². The molecule has 0 saturated carbocycles. The van der Waals surface area contributed by atoms with Crippen molar-refractivity contribution < 1.29 is 9.21 Å². The topological polar surface area (TPSA) is 136 Å². The number of thioether (sulfide) groups is 1. The van der Waals surface area contributed by atoms with Crippen molar-refractivity contribution in [2.45, 2.75) is 11.8 Å². The quantitative estimate of drug-likeness (QED) is 0.589. The van der Waals surface area contributed by atoms with Crippen LogP contribution in [-0.2, 0) is 11.3 Å². The summed E-state index contributed by atoms with van der Waals surface area (Å²) in [6, 6.07) is 1.22. The summed E-state index contributed by atoms with van der Waals surface area (Å²) in [5, 5.41) is 12.7. The molecule has 0 aliphatic carbocycles. The molecule has 1 amide bonds. The lowest BCUT2D eigenvalue weighted by atomic mass is 10.5. The van der Waals surface area contributed by atoms with Gasteiger partial charge in [0.25, 0.3) is 10.8 Å².